The van der Waals surface area contributed by atoms with Crippen LogP contribution in [0.5, 0.6) is 5.88 Å². The van der Waals surface area contributed by atoms with Crippen LogP contribution in [-0.2, 0) is 18.3 Å². The highest BCUT2D eigenvalue weighted by atomic mass is 35.5. The molecule has 2 amide bonds. The zero-order valence-electron chi connectivity index (χ0n) is 20.8. The molecule has 3 heterocycles. The molecule has 0 aromatic carbocycles. The number of nitrogens with zero attached hydrogens (tertiary/aromatic N) is 4. The minimum Gasteiger partial charge on any atom is -0.474 e. The first-order valence-electron chi connectivity index (χ1n) is 11.4. The van der Waals surface area contributed by atoms with Crippen molar-refractivity contribution in [3.8, 4) is 5.88 Å². The van der Waals surface area contributed by atoms with Crippen molar-refractivity contribution in [3.05, 3.63) is 34.8 Å². The zero-order valence-corrected chi connectivity index (χ0v) is 21.6. The summed E-state index contributed by atoms with van der Waals surface area (Å²) in [4.78, 5) is 35.8. The van der Waals surface area contributed by atoms with Crippen LogP contribution in [0, 0.1) is 5.82 Å². The number of ether oxygens (including phenoxy) is 2. The summed E-state index contributed by atoms with van der Waals surface area (Å²) in [5.41, 5.74) is -0.266. The number of nitrogens with one attached hydrogen (secondary N) is 2. The van der Waals surface area contributed by atoms with Crippen molar-refractivity contribution in [2.24, 2.45) is 7.05 Å². The number of hydrogen-bond donors (Lipinski definition) is 2. The average molecular weight is 511 g/mol. The van der Waals surface area contributed by atoms with E-state index in [2.05, 4.69) is 20.6 Å². The maximum absolute atomic E-state index is 15.1. The lowest BCUT2D eigenvalue weighted by molar-refractivity contribution is 0.0154. The van der Waals surface area contributed by atoms with E-state index in [-0.39, 0.29) is 30.2 Å². The first-order valence-corrected chi connectivity index (χ1v) is 11.8. The van der Waals surface area contributed by atoms with Gasteiger partial charge in [-0.15, -0.1) is 0 Å². The molecule has 12 heteroatoms. The summed E-state index contributed by atoms with van der Waals surface area (Å²) in [6.07, 6.45) is 2.85. The lowest BCUT2D eigenvalue weighted by Gasteiger charge is -2.32. The summed E-state index contributed by atoms with van der Waals surface area (Å²) in [6.45, 7) is 9.52. The molecule has 2 N–H and O–H groups in total. The molecule has 2 atom stereocenters. The van der Waals surface area contributed by atoms with Crippen LogP contribution in [0.4, 0.5) is 14.9 Å². The number of anilines is 1. The molecule has 0 saturated heterocycles. The quantitative estimate of drug-likeness (QED) is 0.605. The molecule has 0 spiro atoms. The predicted octanol–water partition coefficient (Wildman–Crippen LogP) is 3.75. The third kappa shape index (κ3) is 6.74. The summed E-state index contributed by atoms with van der Waals surface area (Å²) in [6, 6.07) is -0.391. The van der Waals surface area contributed by atoms with Crippen LogP contribution in [0.15, 0.2) is 12.5 Å². The van der Waals surface area contributed by atoms with Gasteiger partial charge in [0.1, 0.15) is 11.2 Å². The van der Waals surface area contributed by atoms with E-state index < -0.39 is 40.7 Å². The molecule has 0 fully saturated rings. The SMILES string of the molecule is CC1CNC(=O)c2c(nc(Cl)c(F)c2NCc2cn(C)cn2)O[C@@H](C)CCN1C(=O)OC(C)(C)C. The number of carbonyl (C=O) groups is 2. The first kappa shape index (κ1) is 26.5. The lowest BCUT2D eigenvalue weighted by Crippen LogP contribution is -2.48. The number of hydrogen-bond acceptors (Lipinski definition) is 7. The molecule has 0 radical (unpaired) electrons. The van der Waals surface area contributed by atoms with Crippen molar-refractivity contribution in [3.63, 3.8) is 0 Å². The van der Waals surface area contributed by atoms with Crippen LogP contribution in [0.25, 0.3) is 0 Å². The second-order valence-electron chi connectivity index (χ2n) is 9.61. The maximum atomic E-state index is 15.1. The number of pyridine rings is 1. The average Bonchev–Trinajstić information content (AvgIpc) is 3.16. The number of aromatic nitrogens is 3. The molecule has 3 rings (SSSR count). The molecule has 192 valence electrons. The van der Waals surface area contributed by atoms with Gasteiger partial charge in [-0.3, -0.25) is 4.79 Å². The Balaban J connectivity index is 1.92. The number of amides is 2. The molecule has 0 aliphatic carbocycles. The van der Waals surface area contributed by atoms with E-state index in [4.69, 9.17) is 21.1 Å². The molecule has 1 aliphatic rings. The Labute approximate surface area is 209 Å². The van der Waals surface area contributed by atoms with Crippen LogP contribution in [0.1, 0.15) is 57.1 Å². The van der Waals surface area contributed by atoms with Crippen LogP contribution in [-0.4, -0.2) is 62.3 Å². The van der Waals surface area contributed by atoms with E-state index in [1.807, 2.05) is 7.05 Å². The summed E-state index contributed by atoms with van der Waals surface area (Å²) < 4.78 is 28.3. The number of imidazole rings is 1. The molecular formula is C23H32ClFN6O4. The van der Waals surface area contributed by atoms with E-state index in [9.17, 15) is 9.59 Å². The number of halogens is 2. The minimum atomic E-state index is -0.869. The van der Waals surface area contributed by atoms with Gasteiger partial charge in [-0.25, -0.2) is 14.2 Å². The Morgan fingerprint density at radius 2 is 2.11 bits per heavy atom. The normalized spacial score (nSPS) is 19.2. The second kappa shape index (κ2) is 10.7. The Kier molecular flexibility index (Phi) is 8.09. The number of fused-ring (bicyclic) bond motifs is 1. The number of aryl methyl sites for hydroxylation is 1. The van der Waals surface area contributed by atoms with E-state index in [0.29, 0.717) is 18.7 Å². The summed E-state index contributed by atoms with van der Waals surface area (Å²) in [5, 5.41) is 5.25. The van der Waals surface area contributed by atoms with Gasteiger partial charge in [-0.2, -0.15) is 4.98 Å². The van der Waals surface area contributed by atoms with Crippen molar-refractivity contribution in [1.29, 1.82) is 0 Å². The van der Waals surface area contributed by atoms with Crippen molar-refractivity contribution in [2.75, 3.05) is 18.4 Å². The van der Waals surface area contributed by atoms with Gasteiger partial charge in [0.15, 0.2) is 11.0 Å². The van der Waals surface area contributed by atoms with Crippen molar-refractivity contribution < 1.29 is 23.5 Å². The third-order valence-corrected chi connectivity index (χ3v) is 5.55. The van der Waals surface area contributed by atoms with Gasteiger partial charge < -0.3 is 29.6 Å². The van der Waals surface area contributed by atoms with E-state index in [1.165, 1.54) is 0 Å². The molecule has 0 saturated carbocycles. The monoisotopic (exact) mass is 510 g/mol. The fraction of sp³-hybridized carbons (Fsp3) is 0.565. The maximum Gasteiger partial charge on any atom is 0.410 e. The Hall–Kier alpha value is -3.08. The smallest absolute Gasteiger partial charge is 0.410 e. The highest BCUT2D eigenvalue weighted by molar-refractivity contribution is 6.30. The molecular weight excluding hydrogens is 479 g/mol. The van der Waals surface area contributed by atoms with E-state index in [0.717, 1.165) is 0 Å². The summed E-state index contributed by atoms with van der Waals surface area (Å²) >= 11 is 6.05. The summed E-state index contributed by atoms with van der Waals surface area (Å²) in [7, 11) is 1.82. The molecule has 2 aromatic heterocycles. The second-order valence-corrected chi connectivity index (χ2v) is 9.96. The van der Waals surface area contributed by atoms with Crippen LogP contribution in [0.2, 0.25) is 5.15 Å². The molecule has 1 aliphatic heterocycles. The van der Waals surface area contributed by atoms with Crippen molar-refractivity contribution >= 4 is 29.3 Å². The first-order chi connectivity index (χ1) is 16.4. The molecule has 2 aromatic rings. The Bertz CT molecular complexity index is 1090. The van der Waals surface area contributed by atoms with Crippen LogP contribution >= 0.6 is 11.6 Å². The Morgan fingerprint density at radius 3 is 2.74 bits per heavy atom. The van der Waals surface area contributed by atoms with Gasteiger partial charge in [0.25, 0.3) is 5.91 Å². The van der Waals surface area contributed by atoms with Gasteiger partial charge >= 0.3 is 6.09 Å². The van der Waals surface area contributed by atoms with Gasteiger partial charge in [-0.05, 0) is 34.6 Å². The van der Waals surface area contributed by atoms with Crippen molar-refractivity contribution in [2.45, 2.75) is 65.3 Å². The van der Waals surface area contributed by atoms with E-state index >= 15 is 4.39 Å². The topological polar surface area (TPSA) is 111 Å². The van der Waals surface area contributed by atoms with Gasteiger partial charge in [0.2, 0.25) is 5.88 Å². The van der Waals surface area contributed by atoms with Gasteiger partial charge in [-0.1, -0.05) is 11.6 Å². The van der Waals surface area contributed by atoms with Crippen LogP contribution in [0.3, 0.4) is 0 Å². The highest BCUT2D eigenvalue weighted by Crippen LogP contribution is 2.33. The largest absolute Gasteiger partial charge is 0.474 e. The van der Waals surface area contributed by atoms with Gasteiger partial charge in [0.05, 0.1) is 30.4 Å². The fourth-order valence-electron chi connectivity index (χ4n) is 3.53. The molecule has 10 nitrogen and oxygen atoms in total. The number of carbonyl (C=O) groups excluding carboxylic acids is 2. The standard InChI is InChI=1S/C23H32ClFN6O4/c1-13-9-27-20(32)16-18(26-10-15-11-30(6)12-28-15)17(25)19(24)29-21(16)34-14(2)7-8-31(13)22(33)35-23(3,4)5/h11-14H,7-10H2,1-6H3,(H,26,29)(H,27,32)/t13?,14-/m0/s1. The zero-order chi connectivity index (χ0) is 25.9. The molecule has 0 bridgehead atoms. The molecule has 1 unspecified atom stereocenters. The highest BCUT2D eigenvalue weighted by Gasteiger charge is 2.31. The van der Waals surface area contributed by atoms with Gasteiger partial charge in [0, 0.05) is 38.8 Å². The van der Waals surface area contributed by atoms with Crippen LogP contribution < -0.4 is 15.4 Å². The van der Waals surface area contributed by atoms with Crippen molar-refractivity contribution in [1.82, 2.24) is 24.8 Å². The molecule has 35 heavy (non-hydrogen) atoms. The Morgan fingerprint density at radius 1 is 1.40 bits per heavy atom. The predicted molar refractivity (Wildman–Crippen MR) is 129 cm³/mol. The fourth-order valence-corrected chi connectivity index (χ4v) is 3.71. The van der Waals surface area contributed by atoms with E-state index in [1.54, 1.807) is 56.6 Å². The number of rotatable bonds is 3. The lowest BCUT2D eigenvalue weighted by atomic mass is 10.1. The third-order valence-electron chi connectivity index (χ3n) is 5.30. The summed E-state index contributed by atoms with van der Waals surface area (Å²) in [5.74, 6) is -1.58. The minimum absolute atomic E-state index is 0.0942.